The number of nitrogens with zero attached hydrogens (tertiary/aromatic N) is 1. The molecule has 1 atom stereocenters. The zero-order valence-electron chi connectivity index (χ0n) is 15.6. The number of hydrogen-bond donors (Lipinski definition) is 0. The first kappa shape index (κ1) is 17.1. The molecule has 2 heterocycles. The molecule has 2 saturated heterocycles. The monoisotopic (exact) mass is 349 g/mol. The van der Waals surface area contributed by atoms with E-state index in [1.807, 2.05) is 0 Å². The van der Waals surface area contributed by atoms with Crippen molar-refractivity contribution in [2.45, 2.75) is 50.1 Å². The molecule has 4 heteroatoms. The Kier molecular flexibility index (Phi) is 4.39. The number of benzene rings is 2. The Balaban J connectivity index is 1.84. The van der Waals surface area contributed by atoms with Crippen molar-refractivity contribution in [3.8, 4) is 0 Å². The third kappa shape index (κ3) is 3.01. The molecule has 0 unspecified atom stereocenters. The molecule has 2 fully saturated rings. The Morgan fingerprint density at radius 3 is 2.08 bits per heavy atom. The minimum absolute atomic E-state index is 0.250. The van der Waals surface area contributed by atoms with Gasteiger partial charge in [-0.05, 0) is 36.5 Å². The van der Waals surface area contributed by atoms with Crippen LogP contribution in [0.4, 0.5) is 0 Å². The minimum Gasteiger partial charge on any atom is -0.406 e. The van der Waals surface area contributed by atoms with Gasteiger partial charge in [0.15, 0.2) is 0 Å². The van der Waals surface area contributed by atoms with Crippen molar-refractivity contribution in [1.82, 2.24) is 4.81 Å². The summed E-state index contributed by atoms with van der Waals surface area (Å²) in [5.41, 5.74) is 2.27. The summed E-state index contributed by atoms with van der Waals surface area (Å²) < 4.78 is 7.02. The molecule has 2 aliphatic heterocycles. The first-order chi connectivity index (χ1) is 12.0. The summed E-state index contributed by atoms with van der Waals surface area (Å²) in [5.74, 6) is 1.20. The van der Waals surface area contributed by atoms with Gasteiger partial charge in [0, 0.05) is 14.1 Å². The minimum atomic E-state index is -1.21. The summed E-state index contributed by atoms with van der Waals surface area (Å²) in [4.78, 5) is 2.66. The van der Waals surface area contributed by atoms with Crippen LogP contribution in [0.2, 0.25) is 25.6 Å². The van der Waals surface area contributed by atoms with Crippen LogP contribution in [0.1, 0.15) is 24.0 Å². The van der Waals surface area contributed by atoms with Gasteiger partial charge in [0.05, 0.1) is 0 Å². The average Bonchev–Trinajstić information content (AvgIpc) is 3.19. The van der Waals surface area contributed by atoms with Gasteiger partial charge in [-0.1, -0.05) is 80.3 Å². The van der Waals surface area contributed by atoms with E-state index in [2.05, 4.69) is 85.1 Å². The summed E-state index contributed by atoms with van der Waals surface area (Å²) in [6.45, 7) is 8.52. The normalized spacial score (nSPS) is 23.0. The highest BCUT2D eigenvalue weighted by molar-refractivity contribution is 6.85. The van der Waals surface area contributed by atoms with Gasteiger partial charge in [-0.25, -0.2) is 0 Å². The van der Waals surface area contributed by atoms with E-state index < -0.39 is 8.07 Å². The van der Waals surface area contributed by atoms with Crippen LogP contribution in [0.5, 0.6) is 0 Å². The van der Waals surface area contributed by atoms with Crippen LogP contribution < -0.4 is 0 Å². The summed E-state index contributed by atoms with van der Waals surface area (Å²) in [6.07, 6.45) is 2.49. The zero-order valence-corrected chi connectivity index (χ0v) is 16.6. The summed E-state index contributed by atoms with van der Waals surface area (Å²) in [7, 11) is -0.964. The van der Waals surface area contributed by atoms with Crippen molar-refractivity contribution < 1.29 is 4.65 Å². The molecule has 4 rings (SSSR count). The number of hydrogen-bond acceptors (Lipinski definition) is 2. The molecule has 0 bridgehead atoms. The molecular weight excluding hydrogens is 321 g/mol. The van der Waals surface area contributed by atoms with E-state index >= 15 is 0 Å². The molecule has 0 N–H and O–H groups in total. The van der Waals surface area contributed by atoms with Crippen molar-refractivity contribution in [2.75, 3.05) is 6.54 Å². The molecule has 0 aliphatic carbocycles. The lowest BCUT2D eigenvalue weighted by Gasteiger charge is -2.36. The molecule has 0 spiro atoms. The van der Waals surface area contributed by atoms with Crippen LogP contribution >= 0.6 is 0 Å². The van der Waals surface area contributed by atoms with Crippen molar-refractivity contribution >= 4 is 15.1 Å². The fourth-order valence-corrected chi connectivity index (χ4v) is 6.04. The fraction of sp³-hybridized carbons (Fsp3) is 0.429. The third-order valence-electron chi connectivity index (χ3n) is 5.65. The lowest BCUT2D eigenvalue weighted by Crippen LogP contribution is -2.42. The highest BCUT2D eigenvalue weighted by Crippen LogP contribution is 2.49. The van der Waals surface area contributed by atoms with Crippen molar-refractivity contribution in [3.63, 3.8) is 0 Å². The van der Waals surface area contributed by atoms with E-state index in [9.17, 15) is 0 Å². The van der Waals surface area contributed by atoms with E-state index in [0.29, 0.717) is 6.04 Å². The second-order valence-electron chi connectivity index (χ2n) is 8.70. The quantitative estimate of drug-likeness (QED) is 0.736. The van der Waals surface area contributed by atoms with Crippen LogP contribution in [0.15, 0.2) is 60.7 Å². The molecule has 2 aromatic rings. The molecule has 0 amide bonds. The highest BCUT2D eigenvalue weighted by Gasteiger charge is 2.58. The third-order valence-corrected chi connectivity index (χ3v) is 7.22. The number of rotatable bonds is 4. The van der Waals surface area contributed by atoms with Crippen LogP contribution in [0.25, 0.3) is 0 Å². The maximum absolute atomic E-state index is 7.02. The van der Waals surface area contributed by atoms with Gasteiger partial charge in [0.25, 0.3) is 0 Å². The summed E-state index contributed by atoms with van der Waals surface area (Å²) in [5, 5.41) is 0. The average molecular weight is 349 g/mol. The van der Waals surface area contributed by atoms with Gasteiger partial charge < -0.3 is 9.47 Å². The SMILES string of the molecule is C[Si](C)(C)CB1OC(c2ccccc2)(c2ccccc2)[C@@H]2CCCN12. The maximum Gasteiger partial charge on any atom is 0.380 e. The van der Waals surface area contributed by atoms with Crippen molar-refractivity contribution in [1.29, 1.82) is 0 Å². The summed E-state index contributed by atoms with van der Waals surface area (Å²) in [6, 6.07) is 22.2. The van der Waals surface area contributed by atoms with Crippen molar-refractivity contribution in [2.24, 2.45) is 0 Å². The first-order valence-electron chi connectivity index (χ1n) is 9.55. The Morgan fingerprint density at radius 2 is 1.56 bits per heavy atom. The van der Waals surface area contributed by atoms with Gasteiger partial charge in [-0.15, -0.1) is 0 Å². The predicted octanol–water partition coefficient (Wildman–Crippen LogP) is 4.79. The van der Waals surface area contributed by atoms with Crippen LogP contribution in [-0.2, 0) is 10.3 Å². The van der Waals surface area contributed by atoms with E-state index in [4.69, 9.17) is 4.65 Å². The predicted molar refractivity (Wildman–Crippen MR) is 108 cm³/mol. The topological polar surface area (TPSA) is 12.5 Å². The standard InChI is InChI=1S/C21H28BNOSi/c1-25(2,3)17-22-23-16-10-15-20(23)21(24-22,18-11-6-4-7-12-18)19-13-8-5-9-14-19/h4-9,11-14,20H,10,15-17H2,1-3H3/t20-/m0/s1. The molecule has 0 saturated carbocycles. The largest absolute Gasteiger partial charge is 0.406 e. The molecule has 0 radical (unpaired) electrons. The van der Waals surface area contributed by atoms with Gasteiger partial charge >= 0.3 is 7.05 Å². The summed E-state index contributed by atoms with van der Waals surface area (Å²) >= 11 is 0. The smallest absolute Gasteiger partial charge is 0.380 e. The van der Waals surface area contributed by atoms with Gasteiger partial charge in [-0.3, -0.25) is 0 Å². The van der Waals surface area contributed by atoms with E-state index in [0.717, 1.165) is 0 Å². The van der Waals surface area contributed by atoms with Crippen LogP contribution in [0, 0.1) is 0 Å². The Bertz CT molecular complexity index is 676. The molecule has 0 aromatic heterocycles. The lowest BCUT2D eigenvalue weighted by atomic mass is 9.79. The fourth-order valence-electron chi connectivity index (χ4n) is 4.67. The lowest BCUT2D eigenvalue weighted by molar-refractivity contribution is 0.105. The molecule has 2 aromatic carbocycles. The zero-order chi connectivity index (χ0) is 17.5. The molecule has 130 valence electrons. The van der Waals surface area contributed by atoms with Crippen molar-refractivity contribution in [3.05, 3.63) is 71.8 Å². The first-order valence-corrected chi connectivity index (χ1v) is 13.3. The highest BCUT2D eigenvalue weighted by atomic mass is 28.3. The van der Waals surface area contributed by atoms with E-state index in [-0.39, 0.29) is 12.7 Å². The van der Waals surface area contributed by atoms with Crippen LogP contribution in [-0.4, -0.2) is 32.5 Å². The van der Waals surface area contributed by atoms with Crippen LogP contribution in [0.3, 0.4) is 0 Å². The molecule has 25 heavy (non-hydrogen) atoms. The molecule has 2 aliphatic rings. The number of fused-ring (bicyclic) bond motifs is 1. The van der Waals surface area contributed by atoms with Gasteiger partial charge in [0.1, 0.15) is 5.60 Å². The maximum atomic E-state index is 7.02. The molecule has 2 nitrogen and oxygen atoms in total. The Hall–Kier alpha value is -1.36. The second-order valence-corrected chi connectivity index (χ2v) is 14.2. The van der Waals surface area contributed by atoms with E-state index in [1.165, 1.54) is 36.5 Å². The second kappa shape index (κ2) is 6.42. The molecular formula is C21H28BNOSi. The Labute approximate surface area is 153 Å². The van der Waals surface area contributed by atoms with E-state index in [1.54, 1.807) is 0 Å². The Morgan fingerprint density at radius 1 is 1.00 bits per heavy atom. The van der Waals surface area contributed by atoms with Gasteiger partial charge in [-0.2, -0.15) is 0 Å². The van der Waals surface area contributed by atoms with Gasteiger partial charge in [0.2, 0.25) is 0 Å².